The zero-order chi connectivity index (χ0) is 21.8. The van der Waals surface area contributed by atoms with Crippen LogP contribution in [-0.4, -0.2) is 40.1 Å². The highest BCUT2D eigenvalue weighted by atomic mass is 16.8. The highest BCUT2D eigenvalue weighted by Crippen LogP contribution is 2.20. The minimum atomic E-state index is -0.718. The van der Waals surface area contributed by atoms with Crippen molar-refractivity contribution in [3.05, 3.63) is 95.3 Å². The molecule has 8 heteroatoms. The lowest BCUT2D eigenvalue weighted by Crippen LogP contribution is -2.28. The van der Waals surface area contributed by atoms with Gasteiger partial charge in [-0.1, -0.05) is 41.6 Å². The van der Waals surface area contributed by atoms with Gasteiger partial charge in [0.2, 0.25) is 0 Å². The number of rotatable bonds is 6. The summed E-state index contributed by atoms with van der Waals surface area (Å²) in [5.41, 5.74) is 8.64. The van der Waals surface area contributed by atoms with Gasteiger partial charge in [-0.05, 0) is 24.3 Å². The molecular formula is C23H19N4O4+. The Kier molecular flexibility index (Phi) is 5.53. The van der Waals surface area contributed by atoms with Crippen LogP contribution in [0.1, 0.15) is 38.3 Å². The van der Waals surface area contributed by atoms with Gasteiger partial charge in [0.25, 0.3) is 0 Å². The van der Waals surface area contributed by atoms with Crippen LogP contribution < -0.4 is 5.73 Å². The summed E-state index contributed by atoms with van der Waals surface area (Å²) < 4.78 is 1.04. The predicted octanol–water partition coefficient (Wildman–Crippen LogP) is 2.83. The average molecular weight is 415 g/mol. The van der Waals surface area contributed by atoms with Crippen LogP contribution in [0.5, 0.6) is 0 Å². The van der Waals surface area contributed by atoms with Crippen molar-refractivity contribution in [3.63, 3.8) is 0 Å². The molecule has 0 fully saturated rings. The molecule has 4 rings (SSSR count). The van der Waals surface area contributed by atoms with Gasteiger partial charge in [0.05, 0.1) is 11.3 Å². The van der Waals surface area contributed by atoms with E-state index >= 15 is 0 Å². The molecule has 1 atom stereocenters. The summed E-state index contributed by atoms with van der Waals surface area (Å²) in [6.07, 6.45) is 3.01. The summed E-state index contributed by atoms with van der Waals surface area (Å²) in [4.78, 5) is 39.8. The van der Waals surface area contributed by atoms with E-state index in [4.69, 9.17) is 15.4 Å². The van der Waals surface area contributed by atoms with Crippen LogP contribution >= 0.6 is 0 Å². The highest BCUT2D eigenvalue weighted by molar-refractivity contribution is 6.10. The fourth-order valence-electron chi connectivity index (χ4n) is 3.08. The summed E-state index contributed by atoms with van der Waals surface area (Å²) in [5, 5.41) is 4.01. The van der Waals surface area contributed by atoms with Crippen molar-refractivity contribution in [2.45, 2.75) is 12.6 Å². The largest absolute Gasteiger partial charge is 0.412 e. The highest BCUT2D eigenvalue weighted by Gasteiger charge is 2.34. The van der Waals surface area contributed by atoms with Crippen molar-refractivity contribution in [1.29, 1.82) is 0 Å². The maximum absolute atomic E-state index is 12.6. The van der Waals surface area contributed by atoms with Gasteiger partial charge in [-0.25, -0.2) is 4.79 Å². The minimum absolute atomic E-state index is 0.115. The first-order valence-electron chi connectivity index (χ1n) is 9.47. The Labute approximate surface area is 178 Å². The van der Waals surface area contributed by atoms with E-state index in [-0.39, 0.29) is 17.0 Å². The van der Waals surface area contributed by atoms with Crippen molar-refractivity contribution >= 4 is 29.9 Å². The van der Waals surface area contributed by atoms with Crippen molar-refractivity contribution in [2.24, 2.45) is 5.16 Å². The van der Waals surface area contributed by atoms with Gasteiger partial charge in [-0.3, -0.25) is 9.78 Å². The van der Waals surface area contributed by atoms with Crippen LogP contribution in [0, 0.1) is 0 Å². The lowest BCUT2D eigenvalue weighted by atomic mass is 10.0. The maximum Gasteiger partial charge on any atom is 0.412 e. The van der Waals surface area contributed by atoms with Crippen LogP contribution in [0.25, 0.3) is 0 Å². The molecule has 0 saturated heterocycles. The summed E-state index contributed by atoms with van der Waals surface area (Å²) >= 11 is 0. The molecule has 1 unspecified atom stereocenters. The number of nitrogens with two attached hydrogens (primary N) is 1. The molecule has 0 aliphatic carbocycles. The van der Waals surface area contributed by atoms with Gasteiger partial charge in [-0.15, -0.1) is 0 Å². The van der Waals surface area contributed by atoms with E-state index in [1.807, 2.05) is 12.1 Å². The second-order valence-electron chi connectivity index (χ2n) is 6.84. The molecule has 1 aliphatic heterocycles. The molecule has 0 bridgehead atoms. The molecule has 0 spiro atoms. The normalized spacial score (nSPS) is 15.0. The lowest BCUT2D eigenvalue weighted by Gasteiger charge is -2.08. The Balaban J connectivity index is 1.41. The zero-order valence-corrected chi connectivity index (χ0v) is 16.5. The number of nitrogens with zero attached hydrogens (tertiary/aromatic N) is 3. The number of hydrogen-bond donors (Lipinski definition) is 1. The first kappa shape index (κ1) is 20.0. The number of hydroxylamine groups is 1. The molecule has 0 amide bonds. The average Bonchev–Trinajstić information content (AvgIpc) is 3.30. The summed E-state index contributed by atoms with van der Waals surface area (Å²) in [6.45, 7) is 3.71. The maximum atomic E-state index is 12.6. The second-order valence-corrected chi connectivity index (χ2v) is 6.84. The van der Waals surface area contributed by atoms with Crippen LogP contribution in [0.15, 0.2) is 78.2 Å². The van der Waals surface area contributed by atoms with Crippen LogP contribution in [0.2, 0.25) is 0 Å². The predicted molar refractivity (Wildman–Crippen MR) is 114 cm³/mol. The van der Waals surface area contributed by atoms with Gasteiger partial charge >= 0.3 is 12.2 Å². The molecule has 154 valence electrons. The number of carbonyl (C=O) groups is 2. The number of anilines is 1. The Morgan fingerprint density at radius 3 is 2.61 bits per heavy atom. The topological polar surface area (TPSA) is 107 Å². The third-order valence-electron chi connectivity index (χ3n) is 4.74. The van der Waals surface area contributed by atoms with Crippen molar-refractivity contribution in [2.75, 3.05) is 5.73 Å². The zero-order valence-electron chi connectivity index (χ0n) is 16.5. The molecule has 2 N–H and O–H groups in total. The Bertz CT molecular complexity index is 1180. The van der Waals surface area contributed by atoms with Crippen molar-refractivity contribution in [3.8, 4) is 0 Å². The first-order valence-corrected chi connectivity index (χ1v) is 9.47. The first-order chi connectivity index (χ1) is 15.0. The molecule has 2 aromatic carbocycles. The Morgan fingerprint density at radius 2 is 1.90 bits per heavy atom. The monoisotopic (exact) mass is 415 g/mol. The van der Waals surface area contributed by atoms with Crippen LogP contribution in [-0.2, 0) is 9.68 Å². The molecule has 2 heterocycles. The molecule has 1 aromatic heterocycles. The number of pyridine rings is 1. The number of aromatic nitrogens is 1. The summed E-state index contributed by atoms with van der Waals surface area (Å²) in [7, 11) is 0. The molecule has 31 heavy (non-hydrogen) atoms. The third-order valence-corrected chi connectivity index (χ3v) is 4.74. The van der Waals surface area contributed by atoms with E-state index in [1.165, 1.54) is 18.2 Å². The van der Waals surface area contributed by atoms with E-state index in [2.05, 4.69) is 16.9 Å². The van der Waals surface area contributed by atoms with Crippen molar-refractivity contribution in [1.82, 2.24) is 4.98 Å². The molecule has 3 aromatic rings. The van der Waals surface area contributed by atoms with Gasteiger partial charge < -0.3 is 10.6 Å². The number of ketones is 1. The molecule has 0 radical (unpaired) electrons. The fraction of sp³-hybridized carbons (Fsp3) is 0.0870. The third kappa shape index (κ3) is 4.32. The van der Waals surface area contributed by atoms with E-state index < -0.39 is 12.2 Å². The Hall–Kier alpha value is -4.33. The number of carbonyl (C=O) groups excluding carboxylic acids is 2. The molecule has 8 nitrogen and oxygen atoms in total. The molecule has 0 saturated carbocycles. The minimum Gasteiger partial charge on any atom is -0.398 e. The van der Waals surface area contributed by atoms with E-state index in [0.717, 1.165) is 10.3 Å². The quantitative estimate of drug-likeness (QED) is 0.166. The SMILES string of the molecule is C=[N+](OC(=O)c1ccc(C(=O)c2ccccc2)cc1N)C1CC(c2cccnc2)=NO1. The van der Waals surface area contributed by atoms with Gasteiger partial charge in [-0.2, -0.15) is 4.84 Å². The fourth-order valence-corrected chi connectivity index (χ4v) is 3.08. The van der Waals surface area contributed by atoms with Crippen molar-refractivity contribution < 1.29 is 24.0 Å². The van der Waals surface area contributed by atoms with Crippen LogP contribution in [0.4, 0.5) is 5.69 Å². The second kappa shape index (κ2) is 8.58. The van der Waals surface area contributed by atoms with E-state index in [1.54, 1.807) is 42.7 Å². The van der Waals surface area contributed by atoms with Gasteiger partial charge in [0.15, 0.2) is 12.5 Å². The number of hydrogen-bond acceptors (Lipinski definition) is 7. The summed E-state index contributed by atoms with van der Waals surface area (Å²) in [5.74, 6) is -0.907. The van der Waals surface area contributed by atoms with E-state index in [9.17, 15) is 9.59 Å². The van der Waals surface area contributed by atoms with Gasteiger partial charge in [0, 0.05) is 39.5 Å². The molecule has 1 aliphatic rings. The number of oxime groups is 1. The number of nitrogen functional groups attached to an aromatic ring is 1. The van der Waals surface area contributed by atoms with E-state index in [0.29, 0.717) is 23.3 Å². The van der Waals surface area contributed by atoms with Gasteiger partial charge in [0.1, 0.15) is 6.42 Å². The van der Waals surface area contributed by atoms with Crippen LogP contribution in [0.3, 0.4) is 0 Å². The smallest absolute Gasteiger partial charge is 0.398 e. The Morgan fingerprint density at radius 1 is 1.10 bits per heavy atom. The number of benzene rings is 2. The lowest BCUT2D eigenvalue weighted by molar-refractivity contribution is -0.802. The molecular weight excluding hydrogens is 396 g/mol. The standard InChI is InChI=1S/C23H18N4O4/c1-27(21-13-20(26-30-21)17-8-5-11-25-14-17)31-23(29)18-10-9-16(12-19(18)24)22(28)15-6-3-2-4-7-15/h2-12,14,21H,1,13H2,(H-,24,29)/p+1. The summed E-state index contributed by atoms with van der Waals surface area (Å²) in [6, 6.07) is 16.9.